The molecule has 0 radical (unpaired) electrons. The summed E-state index contributed by atoms with van der Waals surface area (Å²) in [4.78, 5) is 12.7. The maximum absolute atomic E-state index is 12.7. The zero-order valence-electron chi connectivity index (χ0n) is 43.8. The van der Waals surface area contributed by atoms with Crippen LogP contribution in [0.5, 0.6) is 0 Å². The zero-order valence-corrected chi connectivity index (χ0v) is 43.8. The molecule has 7 nitrogen and oxygen atoms in total. The molecule has 1 saturated heterocycles. The molecule has 0 amide bonds. The Labute approximate surface area is 405 Å². The number of fused-ring (bicyclic) bond motifs is 5. The van der Waals surface area contributed by atoms with Crippen LogP contribution in [0, 0.1) is 52.3 Å². The lowest BCUT2D eigenvalue weighted by atomic mass is 9.47. The molecule has 14 atom stereocenters. The van der Waals surface area contributed by atoms with Gasteiger partial charge in [0.1, 0.15) is 31.0 Å². The SMILES string of the molecule is CCCCCCCCCCCCCCCCCCCCCCCCC(=O)OCC1OC(OC2CCC3(C)C(=CCC4C3CCC3(C)C(C(C)/C=C/C(C)C(C)C)CCC43)C2)C(O)C(O)C1O. The van der Waals surface area contributed by atoms with Crippen LogP contribution in [0.1, 0.15) is 248 Å². The van der Waals surface area contributed by atoms with Crippen molar-refractivity contribution in [2.45, 2.75) is 284 Å². The van der Waals surface area contributed by atoms with E-state index in [1.54, 1.807) is 0 Å². The lowest BCUT2D eigenvalue weighted by molar-refractivity contribution is -0.313. The minimum absolute atomic E-state index is 0.148. The first kappa shape index (κ1) is 55.7. The Hall–Kier alpha value is -1.25. The van der Waals surface area contributed by atoms with Gasteiger partial charge in [0.25, 0.3) is 0 Å². The summed E-state index contributed by atoms with van der Waals surface area (Å²) in [7, 11) is 0. The van der Waals surface area contributed by atoms with Crippen LogP contribution >= 0.6 is 0 Å². The number of esters is 1. The molecule has 4 aliphatic carbocycles. The molecule has 3 N–H and O–H groups in total. The van der Waals surface area contributed by atoms with Gasteiger partial charge in [0.2, 0.25) is 0 Å². The van der Waals surface area contributed by atoms with E-state index in [4.69, 9.17) is 14.2 Å². The topological polar surface area (TPSA) is 105 Å². The highest BCUT2D eigenvalue weighted by molar-refractivity contribution is 5.69. The van der Waals surface area contributed by atoms with E-state index < -0.39 is 30.7 Å². The van der Waals surface area contributed by atoms with Gasteiger partial charge < -0.3 is 29.5 Å². The Morgan fingerprint density at radius 1 is 0.697 bits per heavy atom. The van der Waals surface area contributed by atoms with Crippen molar-refractivity contribution in [1.82, 2.24) is 0 Å². The number of aliphatic hydroxyl groups is 3. The molecule has 3 saturated carbocycles. The van der Waals surface area contributed by atoms with E-state index in [0.29, 0.717) is 35.5 Å². The number of carbonyl (C=O) groups excluding carboxylic acids is 1. The lowest BCUT2D eigenvalue weighted by Crippen LogP contribution is -2.60. The molecule has 1 heterocycles. The number of rotatable bonds is 31. The summed E-state index contributed by atoms with van der Waals surface area (Å²) in [5.74, 6) is 4.56. The number of allylic oxidation sites excluding steroid dienone is 3. The van der Waals surface area contributed by atoms with Crippen molar-refractivity contribution >= 4 is 5.97 Å². The molecule has 66 heavy (non-hydrogen) atoms. The Morgan fingerprint density at radius 2 is 1.26 bits per heavy atom. The van der Waals surface area contributed by atoms with Crippen LogP contribution in [0.3, 0.4) is 0 Å². The summed E-state index contributed by atoms with van der Waals surface area (Å²) in [6.45, 7) is 16.7. The highest BCUT2D eigenvalue weighted by Crippen LogP contribution is 2.67. The van der Waals surface area contributed by atoms with Crippen LogP contribution in [0.4, 0.5) is 0 Å². The maximum atomic E-state index is 12.7. The van der Waals surface area contributed by atoms with Gasteiger partial charge in [-0.05, 0) is 110 Å². The second kappa shape index (κ2) is 28.6. The molecule has 4 fully saturated rings. The van der Waals surface area contributed by atoms with Crippen LogP contribution in [0.15, 0.2) is 23.8 Å². The second-order valence-electron chi connectivity index (χ2n) is 23.7. The van der Waals surface area contributed by atoms with Gasteiger partial charge in [-0.15, -0.1) is 0 Å². The molecular formula is C59H104O7. The van der Waals surface area contributed by atoms with Crippen molar-refractivity contribution in [3.8, 4) is 0 Å². The fourth-order valence-corrected chi connectivity index (χ4v) is 13.8. The maximum Gasteiger partial charge on any atom is 0.305 e. The van der Waals surface area contributed by atoms with Crippen molar-refractivity contribution in [1.29, 1.82) is 0 Å². The van der Waals surface area contributed by atoms with Gasteiger partial charge in [-0.1, -0.05) is 207 Å². The van der Waals surface area contributed by atoms with E-state index in [0.717, 1.165) is 62.7 Å². The molecule has 0 bridgehead atoms. The van der Waals surface area contributed by atoms with Crippen LogP contribution < -0.4 is 0 Å². The van der Waals surface area contributed by atoms with Gasteiger partial charge in [0.05, 0.1) is 6.10 Å². The number of hydrogen-bond donors (Lipinski definition) is 3. The molecule has 5 aliphatic rings. The van der Waals surface area contributed by atoms with Crippen molar-refractivity contribution in [3.05, 3.63) is 23.8 Å². The number of aliphatic hydroxyl groups excluding tert-OH is 3. The first-order valence-corrected chi connectivity index (χ1v) is 28.7. The van der Waals surface area contributed by atoms with E-state index in [2.05, 4.69) is 66.7 Å². The smallest absolute Gasteiger partial charge is 0.305 e. The fraction of sp³-hybridized carbons (Fsp3) is 0.915. The molecule has 0 aromatic rings. The molecule has 5 rings (SSSR count). The molecule has 1 aliphatic heterocycles. The predicted octanol–water partition coefficient (Wildman–Crippen LogP) is 14.8. The van der Waals surface area contributed by atoms with Gasteiger partial charge >= 0.3 is 5.97 Å². The van der Waals surface area contributed by atoms with E-state index in [9.17, 15) is 20.1 Å². The minimum Gasteiger partial charge on any atom is -0.463 e. The van der Waals surface area contributed by atoms with Crippen molar-refractivity contribution in [2.75, 3.05) is 6.61 Å². The highest BCUT2D eigenvalue weighted by atomic mass is 16.7. The third-order valence-corrected chi connectivity index (χ3v) is 18.7. The van der Waals surface area contributed by atoms with E-state index in [-0.39, 0.29) is 24.1 Å². The summed E-state index contributed by atoms with van der Waals surface area (Å²) >= 11 is 0. The Kier molecular flexibility index (Phi) is 24.1. The van der Waals surface area contributed by atoms with E-state index >= 15 is 0 Å². The third kappa shape index (κ3) is 15.9. The van der Waals surface area contributed by atoms with Crippen molar-refractivity contribution < 1.29 is 34.3 Å². The number of hydrogen-bond acceptors (Lipinski definition) is 7. The largest absolute Gasteiger partial charge is 0.463 e. The Balaban J connectivity index is 0.923. The normalized spacial score (nSPS) is 34.2. The first-order chi connectivity index (χ1) is 31.8. The highest BCUT2D eigenvalue weighted by Gasteiger charge is 2.59. The average Bonchev–Trinajstić information content (AvgIpc) is 3.66. The number of unbranched alkanes of at least 4 members (excludes halogenated alkanes) is 21. The minimum atomic E-state index is -1.45. The second-order valence-corrected chi connectivity index (χ2v) is 23.7. The summed E-state index contributed by atoms with van der Waals surface area (Å²) in [6, 6.07) is 0. The number of ether oxygens (including phenoxy) is 3. The van der Waals surface area contributed by atoms with Crippen molar-refractivity contribution in [2.24, 2.45) is 52.3 Å². The van der Waals surface area contributed by atoms with Crippen LogP contribution in [0.2, 0.25) is 0 Å². The van der Waals surface area contributed by atoms with Gasteiger partial charge in [-0.2, -0.15) is 0 Å². The number of carbonyl (C=O) groups is 1. The average molecular weight is 925 g/mol. The summed E-state index contributed by atoms with van der Waals surface area (Å²) in [5, 5.41) is 32.6. The monoisotopic (exact) mass is 925 g/mol. The molecule has 0 spiro atoms. The molecule has 14 unspecified atom stereocenters. The van der Waals surface area contributed by atoms with Crippen LogP contribution in [-0.4, -0.2) is 64.7 Å². The van der Waals surface area contributed by atoms with Crippen molar-refractivity contribution in [3.63, 3.8) is 0 Å². The fourth-order valence-electron chi connectivity index (χ4n) is 13.8. The molecule has 382 valence electrons. The third-order valence-electron chi connectivity index (χ3n) is 18.7. The van der Waals surface area contributed by atoms with Gasteiger partial charge in [0.15, 0.2) is 6.29 Å². The molecule has 7 heteroatoms. The first-order valence-electron chi connectivity index (χ1n) is 28.7. The Morgan fingerprint density at radius 3 is 1.82 bits per heavy atom. The zero-order chi connectivity index (χ0) is 47.5. The summed E-state index contributed by atoms with van der Waals surface area (Å²) in [6.07, 6.45) is 39.9. The molecular weight excluding hydrogens is 821 g/mol. The van der Waals surface area contributed by atoms with Gasteiger partial charge in [-0.3, -0.25) is 4.79 Å². The van der Waals surface area contributed by atoms with Crippen LogP contribution in [0.25, 0.3) is 0 Å². The molecule has 0 aromatic heterocycles. The predicted molar refractivity (Wildman–Crippen MR) is 272 cm³/mol. The van der Waals surface area contributed by atoms with E-state index in [1.165, 1.54) is 153 Å². The van der Waals surface area contributed by atoms with Gasteiger partial charge in [0, 0.05) is 6.42 Å². The summed E-state index contributed by atoms with van der Waals surface area (Å²) in [5.41, 5.74) is 2.05. The molecule has 0 aromatic carbocycles. The van der Waals surface area contributed by atoms with Gasteiger partial charge in [-0.25, -0.2) is 0 Å². The van der Waals surface area contributed by atoms with E-state index in [1.807, 2.05) is 0 Å². The quantitative estimate of drug-likeness (QED) is 0.0361. The standard InChI is InChI=1S/C59H104O7/c1-8-9-10-11-12-13-14-15-16-17-18-19-20-21-22-23-24-25-26-27-28-29-30-53(60)64-42-52-54(61)55(62)56(63)57(66-52)65-47-37-39-58(6)46(41-47)33-34-48-50-36-35-49(59(50,7)40-38-51(48)58)45(5)32-31-44(4)43(2)3/h31-33,43-45,47-52,54-57,61-63H,8-30,34-42H2,1-7H3/b32-31+. The summed E-state index contributed by atoms with van der Waals surface area (Å²) < 4.78 is 18.1. The Bertz CT molecular complexity index is 1430. The lowest BCUT2D eigenvalue weighted by Gasteiger charge is -2.58. The van der Waals surface area contributed by atoms with Crippen LogP contribution in [-0.2, 0) is 19.0 Å².